The molecule has 5 heterocycles. The van der Waals surface area contributed by atoms with Crippen LogP contribution in [-0.4, -0.2) is 38.1 Å². The quantitative estimate of drug-likeness (QED) is 0.713. The molecule has 0 radical (unpaired) electrons. The highest BCUT2D eigenvalue weighted by Gasteiger charge is 2.53. The monoisotopic (exact) mass is 400 g/mol. The maximum atomic E-state index is 15.7. The smallest absolute Gasteiger partial charge is 0.255 e. The fourth-order valence-electron chi connectivity index (χ4n) is 4.57. The number of nitrogens with one attached hydrogen (secondary N) is 1. The first-order valence-corrected chi connectivity index (χ1v) is 10.1. The molecule has 0 aromatic carbocycles. The maximum absolute atomic E-state index is 15.7. The zero-order valence-electron chi connectivity index (χ0n) is 14.9. The average Bonchev–Trinajstić information content (AvgIpc) is 3.41. The molecule has 1 N–H and O–H groups in total. The Morgan fingerprint density at radius 3 is 2.79 bits per heavy atom. The largest absolute Gasteiger partial charge is 0.332 e. The third-order valence-corrected chi connectivity index (χ3v) is 6.76. The number of nitrogens with zero attached hydrogens (tertiary/aromatic N) is 3. The molecule has 28 heavy (non-hydrogen) atoms. The van der Waals surface area contributed by atoms with Crippen molar-refractivity contribution >= 4 is 17.2 Å². The van der Waals surface area contributed by atoms with E-state index >= 15 is 4.39 Å². The average molecular weight is 400 g/mol. The van der Waals surface area contributed by atoms with Gasteiger partial charge in [-0.1, -0.05) is 0 Å². The Bertz CT molecular complexity index is 1000. The summed E-state index contributed by atoms with van der Waals surface area (Å²) in [4.78, 5) is 19.9. The van der Waals surface area contributed by atoms with E-state index in [1.54, 1.807) is 17.3 Å². The minimum absolute atomic E-state index is 0.0814. The fourth-order valence-corrected chi connectivity index (χ4v) is 5.43. The van der Waals surface area contributed by atoms with Crippen LogP contribution in [0.3, 0.4) is 0 Å². The molecule has 2 fully saturated rings. The normalized spacial score (nSPS) is 26.6. The van der Waals surface area contributed by atoms with Gasteiger partial charge in [0.1, 0.15) is 11.5 Å². The van der Waals surface area contributed by atoms with Crippen molar-refractivity contribution in [3.63, 3.8) is 0 Å². The van der Waals surface area contributed by atoms with Crippen LogP contribution in [-0.2, 0) is 5.67 Å². The standard InChI is InChI=1S/C20H18F2N4OS/c21-16-2-1-5-23-18(16)20(22)7-14-3-4-15(8-20)26(14)19(27)12-6-17(28-11-12)13-9-24-25-10-13/h1-2,5-6,9-11,14-15H,3-4,7-8H2,(H,24,25). The number of alkyl halides is 1. The molecule has 144 valence electrons. The lowest BCUT2D eigenvalue weighted by Crippen LogP contribution is -2.51. The van der Waals surface area contributed by atoms with Crippen LogP contribution in [0.5, 0.6) is 0 Å². The highest BCUT2D eigenvalue weighted by Crippen LogP contribution is 2.48. The number of pyridine rings is 1. The number of rotatable bonds is 3. The van der Waals surface area contributed by atoms with Crippen LogP contribution in [0.1, 0.15) is 41.7 Å². The minimum atomic E-state index is -1.83. The van der Waals surface area contributed by atoms with E-state index in [0.29, 0.717) is 5.56 Å². The number of aromatic amines is 1. The van der Waals surface area contributed by atoms with Crippen LogP contribution in [0.25, 0.3) is 10.4 Å². The summed E-state index contributed by atoms with van der Waals surface area (Å²) in [5, 5.41) is 8.54. The Labute approximate surface area is 164 Å². The zero-order valence-corrected chi connectivity index (χ0v) is 15.8. The van der Waals surface area contributed by atoms with E-state index in [1.165, 1.54) is 29.7 Å². The maximum Gasteiger partial charge on any atom is 0.255 e. The van der Waals surface area contributed by atoms with Crippen LogP contribution in [0.4, 0.5) is 8.78 Å². The first kappa shape index (κ1) is 17.5. The van der Waals surface area contributed by atoms with Gasteiger partial charge in [-0.2, -0.15) is 5.10 Å². The van der Waals surface area contributed by atoms with Gasteiger partial charge in [0.25, 0.3) is 5.91 Å². The number of piperidine rings is 1. The Hall–Kier alpha value is -2.61. The molecule has 2 atom stereocenters. The molecular weight excluding hydrogens is 382 g/mol. The van der Waals surface area contributed by atoms with Gasteiger partial charge in [-0.3, -0.25) is 14.9 Å². The van der Waals surface area contributed by atoms with E-state index in [2.05, 4.69) is 15.2 Å². The third-order valence-electron chi connectivity index (χ3n) is 5.78. The molecule has 2 bridgehead atoms. The van der Waals surface area contributed by atoms with Crippen molar-refractivity contribution in [3.05, 3.63) is 59.2 Å². The first-order chi connectivity index (χ1) is 13.5. The molecule has 0 saturated carbocycles. The second kappa shape index (κ2) is 6.48. The molecule has 8 heteroatoms. The number of carbonyl (C=O) groups is 1. The summed E-state index contributed by atoms with van der Waals surface area (Å²) in [7, 11) is 0. The van der Waals surface area contributed by atoms with Gasteiger partial charge in [0.05, 0.1) is 11.8 Å². The fraction of sp³-hybridized carbons (Fsp3) is 0.350. The zero-order chi connectivity index (χ0) is 19.3. The molecular formula is C20H18F2N4OS. The van der Waals surface area contributed by atoms with Gasteiger partial charge in [0.2, 0.25) is 0 Å². The van der Waals surface area contributed by atoms with Gasteiger partial charge in [0, 0.05) is 53.1 Å². The summed E-state index contributed by atoms with van der Waals surface area (Å²) in [6, 6.07) is 4.08. The SMILES string of the molecule is O=C(c1csc(-c2cn[nH]c2)c1)N1C2CCC1CC(F)(c1ncccc1F)C2. The molecule has 0 spiro atoms. The summed E-state index contributed by atoms with van der Waals surface area (Å²) in [5.41, 5.74) is -0.422. The van der Waals surface area contributed by atoms with E-state index in [-0.39, 0.29) is 36.5 Å². The summed E-state index contributed by atoms with van der Waals surface area (Å²) in [6.07, 6.45) is 6.54. The molecule has 3 aromatic heterocycles. The number of hydrogen-bond donors (Lipinski definition) is 1. The Balaban J connectivity index is 1.40. The minimum Gasteiger partial charge on any atom is -0.332 e. The molecule has 3 aromatic rings. The van der Waals surface area contributed by atoms with E-state index in [9.17, 15) is 9.18 Å². The molecule has 2 saturated heterocycles. The van der Waals surface area contributed by atoms with E-state index in [1.807, 2.05) is 11.4 Å². The number of fused-ring (bicyclic) bond motifs is 2. The second-order valence-electron chi connectivity index (χ2n) is 7.49. The van der Waals surface area contributed by atoms with Crippen molar-refractivity contribution in [2.45, 2.75) is 43.4 Å². The molecule has 5 nitrogen and oxygen atoms in total. The highest BCUT2D eigenvalue weighted by atomic mass is 32.1. The van der Waals surface area contributed by atoms with Crippen molar-refractivity contribution in [1.82, 2.24) is 20.1 Å². The predicted molar refractivity (Wildman–Crippen MR) is 101 cm³/mol. The van der Waals surface area contributed by atoms with Crippen molar-refractivity contribution < 1.29 is 13.6 Å². The molecule has 0 aliphatic carbocycles. The lowest BCUT2D eigenvalue weighted by Gasteiger charge is -2.42. The summed E-state index contributed by atoms with van der Waals surface area (Å²) in [6.45, 7) is 0. The molecule has 1 amide bonds. The topological polar surface area (TPSA) is 61.9 Å². The van der Waals surface area contributed by atoms with Crippen molar-refractivity contribution in [2.24, 2.45) is 0 Å². The van der Waals surface area contributed by atoms with Gasteiger partial charge >= 0.3 is 0 Å². The highest BCUT2D eigenvalue weighted by molar-refractivity contribution is 7.13. The van der Waals surface area contributed by atoms with Gasteiger partial charge in [-0.15, -0.1) is 11.3 Å². The van der Waals surface area contributed by atoms with Crippen molar-refractivity contribution in [2.75, 3.05) is 0 Å². The second-order valence-corrected chi connectivity index (χ2v) is 8.40. The molecule has 5 rings (SSSR count). The van der Waals surface area contributed by atoms with Crippen LogP contribution in [0.15, 0.2) is 42.2 Å². The van der Waals surface area contributed by atoms with Crippen LogP contribution in [0, 0.1) is 5.82 Å². The van der Waals surface area contributed by atoms with Gasteiger partial charge in [-0.05, 0) is 31.0 Å². The number of amides is 1. The van der Waals surface area contributed by atoms with Crippen molar-refractivity contribution in [3.8, 4) is 10.4 Å². The van der Waals surface area contributed by atoms with Gasteiger partial charge in [0.15, 0.2) is 5.67 Å². The number of halogens is 2. The van der Waals surface area contributed by atoms with Crippen LogP contribution in [0.2, 0.25) is 0 Å². The van der Waals surface area contributed by atoms with Gasteiger partial charge < -0.3 is 4.90 Å². The molecule has 2 unspecified atom stereocenters. The molecule has 2 aliphatic heterocycles. The van der Waals surface area contributed by atoms with Crippen LogP contribution >= 0.6 is 11.3 Å². The number of H-pyrrole nitrogens is 1. The van der Waals surface area contributed by atoms with Crippen LogP contribution < -0.4 is 0 Å². The lowest BCUT2D eigenvalue weighted by atomic mass is 9.84. The Kier molecular flexibility index (Phi) is 4.04. The Morgan fingerprint density at radius 1 is 1.32 bits per heavy atom. The summed E-state index contributed by atoms with van der Waals surface area (Å²) < 4.78 is 29.8. The Morgan fingerprint density at radius 2 is 2.11 bits per heavy atom. The summed E-state index contributed by atoms with van der Waals surface area (Å²) in [5.74, 6) is -0.700. The van der Waals surface area contributed by atoms with Gasteiger partial charge in [-0.25, -0.2) is 8.78 Å². The molecule has 2 aliphatic rings. The van der Waals surface area contributed by atoms with E-state index < -0.39 is 11.5 Å². The summed E-state index contributed by atoms with van der Waals surface area (Å²) >= 11 is 1.48. The predicted octanol–water partition coefficient (Wildman–Crippen LogP) is 4.30. The lowest BCUT2D eigenvalue weighted by molar-refractivity contribution is 0.00654. The van der Waals surface area contributed by atoms with Crippen molar-refractivity contribution in [1.29, 1.82) is 0 Å². The first-order valence-electron chi connectivity index (χ1n) is 9.25. The number of thiophene rings is 1. The number of aromatic nitrogens is 3. The number of hydrogen-bond acceptors (Lipinski definition) is 4. The van der Waals surface area contributed by atoms with E-state index in [4.69, 9.17) is 0 Å². The van der Waals surface area contributed by atoms with E-state index in [0.717, 1.165) is 23.3 Å². The number of carbonyl (C=O) groups excluding carboxylic acids is 1. The third kappa shape index (κ3) is 2.74.